The van der Waals surface area contributed by atoms with Crippen LogP contribution in [0, 0.1) is 0 Å². The molecule has 0 aliphatic heterocycles. The van der Waals surface area contributed by atoms with Gasteiger partial charge in [0, 0.05) is 11.8 Å². The number of carbonyl (C=O) groups excluding carboxylic acids is 2. The van der Waals surface area contributed by atoms with Gasteiger partial charge in [-0.05, 0) is 46.5 Å². The molecule has 3 N–H and O–H groups in total. The van der Waals surface area contributed by atoms with Gasteiger partial charge < -0.3 is 5.32 Å². The van der Waals surface area contributed by atoms with Gasteiger partial charge >= 0.3 is 0 Å². The number of hydrogen-bond donors (Lipinski definition) is 3. The molecule has 5 heteroatoms. The van der Waals surface area contributed by atoms with Crippen LogP contribution in [0.3, 0.4) is 0 Å². The van der Waals surface area contributed by atoms with E-state index in [1.54, 1.807) is 30.3 Å². The van der Waals surface area contributed by atoms with E-state index in [0.717, 1.165) is 21.9 Å². The van der Waals surface area contributed by atoms with Gasteiger partial charge in [-0.15, -0.1) is 0 Å². The molecular formula is C23H22N2O3. The zero-order chi connectivity index (χ0) is 19.9. The molecule has 5 nitrogen and oxygen atoms in total. The summed E-state index contributed by atoms with van der Waals surface area (Å²) in [6.07, 6.45) is 3.49. The highest BCUT2D eigenvalue weighted by Crippen LogP contribution is 2.29. The summed E-state index contributed by atoms with van der Waals surface area (Å²) in [5, 5.41) is 13.7. The fourth-order valence-electron chi connectivity index (χ4n) is 3.22. The Kier molecular flexibility index (Phi) is 6.19. The third-order valence-electron chi connectivity index (χ3n) is 4.64. The predicted octanol–water partition coefficient (Wildman–Crippen LogP) is 4.49. The predicted molar refractivity (Wildman–Crippen MR) is 111 cm³/mol. The lowest BCUT2D eigenvalue weighted by molar-refractivity contribution is -0.124. The molecule has 0 spiro atoms. The van der Waals surface area contributed by atoms with Crippen molar-refractivity contribution < 1.29 is 14.8 Å². The van der Waals surface area contributed by atoms with Crippen LogP contribution in [-0.4, -0.2) is 17.0 Å². The zero-order valence-electron chi connectivity index (χ0n) is 15.6. The third-order valence-corrected chi connectivity index (χ3v) is 4.64. The summed E-state index contributed by atoms with van der Waals surface area (Å²) in [6.45, 7) is 2.01. The van der Waals surface area contributed by atoms with E-state index < -0.39 is 5.91 Å². The van der Waals surface area contributed by atoms with Crippen molar-refractivity contribution in [1.29, 1.82) is 0 Å². The first-order chi connectivity index (χ1) is 13.6. The van der Waals surface area contributed by atoms with Crippen molar-refractivity contribution in [2.45, 2.75) is 19.3 Å². The molecule has 0 radical (unpaired) electrons. The second-order valence-corrected chi connectivity index (χ2v) is 6.45. The second-order valence-electron chi connectivity index (χ2n) is 6.45. The summed E-state index contributed by atoms with van der Waals surface area (Å²) >= 11 is 0. The average molecular weight is 374 g/mol. The van der Waals surface area contributed by atoms with Crippen LogP contribution in [0.5, 0.6) is 0 Å². The number of amides is 2. The fraction of sp³-hybridized carbons (Fsp3) is 0.130. The monoisotopic (exact) mass is 374 g/mol. The summed E-state index contributed by atoms with van der Waals surface area (Å²) in [4.78, 5) is 23.9. The number of hydrogen-bond acceptors (Lipinski definition) is 3. The molecule has 0 heterocycles. The quantitative estimate of drug-likeness (QED) is 0.338. The largest absolute Gasteiger partial charge is 0.326 e. The van der Waals surface area contributed by atoms with Crippen LogP contribution in [0.15, 0.2) is 72.8 Å². The van der Waals surface area contributed by atoms with Crippen LogP contribution in [0.2, 0.25) is 0 Å². The zero-order valence-corrected chi connectivity index (χ0v) is 15.6. The van der Waals surface area contributed by atoms with Crippen molar-refractivity contribution in [2.24, 2.45) is 0 Å². The first kappa shape index (κ1) is 19.3. The number of anilines is 1. The Morgan fingerprint density at radius 2 is 1.71 bits per heavy atom. The average Bonchev–Trinajstić information content (AvgIpc) is 2.73. The standard InChI is InChI=1S/C23H22N2O3/c1-2-19(21-9-5-7-17-6-3-4-8-20(17)21)23(27)24-18-13-10-16(11-14-18)12-15-22(26)25-28/h3-15,19,28H,2H2,1H3,(H,24,27)(H,25,26)/b15-12+. The van der Waals surface area contributed by atoms with Gasteiger partial charge in [0.2, 0.25) is 5.91 Å². The van der Waals surface area contributed by atoms with Crippen molar-refractivity contribution in [3.05, 3.63) is 83.9 Å². The van der Waals surface area contributed by atoms with Crippen LogP contribution >= 0.6 is 0 Å². The maximum Gasteiger partial charge on any atom is 0.267 e. The molecule has 2 amide bonds. The molecular weight excluding hydrogens is 352 g/mol. The molecule has 0 bridgehead atoms. The lowest BCUT2D eigenvalue weighted by atomic mass is 9.91. The molecule has 0 aliphatic rings. The highest BCUT2D eigenvalue weighted by atomic mass is 16.5. The summed E-state index contributed by atoms with van der Waals surface area (Å²) in [5.41, 5.74) is 4.03. The van der Waals surface area contributed by atoms with Gasteiger partial charge in [-0.2, -0.15) is 0 Å². The first-order valence-electron chi connectivity index (χ1n) is 9.13. The van der Waals surface area contributed by atoms with E-state index in [1.807, 2.05) is 49.4 Å². The molecule has 3 aromatic carbocycles. The van der Waals surface area contributed by atoms with E-state index in [4.69, 9.17) is 5.21 Å². The van der Waals surface area contributed by atoms with E-state index in [-0.39, 0.29) is 11.8 Å². The van der Waals surface area contributed by atoms with Gasteiger partial charge in [0.1, 0.15) is 0 Å². The molecule has 0 saturated carbocycles. The van der Waals surface area contributed by atoms with Crippen molar-refractivity contribution in [1.82, 2.24) is 5.48 Å². The minimum Gasteiger partial charge on any atom is -0.326 e. The lowest BCUT2D eigenvalue weighted by Crippen LogP contribution is -2.20. The Morgan fingerprint density at radius 3 is 2.43 bits per heavy atom. The summed E-state index contributed by atoms with van der Waals surface area (Å²) in [6, 6.07) is 21.3. The molecule has 3 aromatic rings. The number of nitrogens with one attached hydrogen (secondary N) is 2. The second kappa shape index (κ2) is 8.97. The van der Waals surface area contributed by atoms with Crippen LogP contribution in [-0.2, 0) is 9.59 Å². The summed E-state index contributed by atoms with van der Waals surface area (Å²) in [7, 11) is 0. The van der Waals surface area contributed by atoms with Gasteiger partial charge in [-0.1, -0.05) is 61.5 Å². The Morgan fingerprint density at radius 1 is 1.00 bits per heavy atom. The van der Waals surface area contributed by atoms with Gasteiger partial charge in [0.05, 0.1) is 5.92 Å². The number of fused-ring (bicyclic) bond motifs is 1. The number of rotatable bonds is 6. The molecule has 0 saturated heterocycles. The van der Waals surface area contributed by atoms with Crippen molar-refractivity contribution in [3.63, 3.8) is 0 Å². The van der Waals surface area contributed by atoms with Gasteiger partial charge in [0.15, 0.2) is 0 Å². The Bertz CT molecular complexity index is 1000. The van der Waals surface area contributed by atoms with Crippen LogP contribution in [0.1, 0.15) is 30.4 Å². The Balaban J connectivity index is 1.77. The maximum atomic E-state index is 12.9. The van der Waals surface area contributed by atoms with E-state index in [2.05, 4.69) is 5.32 Å². The van der Waals surface area contributed by atoms with Gasteiger partial charge in [0.25, 0.3) is 5.91 Å². The molecule has 1 atom stereocenters. The van der Waals surface area contributed by atoms with Crippen LogP contribution in [0.4, 0.5) is 5.69 Å². The SMILES string of the molecule is CCC(C(=O)Nc1ccc(/C=C/C(=O)NO)cc1)c1cccc2ccccc12. The topological polar surface area (TPSA) is 78.4 Å². The number of carbonyl (C=O) groups is 2. The number of benzene rings is 3. The molecule has 3 rings (SSSR count). The first-order valence-corrected chi connectivity index (χ1v) is 9.13. The molecule has 0 fully saturated rings. The molecule has 142 valence electrons. The summed E-state index contributed by atoms with van der Waals surface area (Å²) < 4.78 is 0. The normalized spacial score (nSPS) is 12.1. The number of hydroxylamine groups is 1. The molecule has 28 heavy (non-hydrogen) atoms. The van der Waals surface area contributed by atoms with Crippen molar-refractivity contribution in [3.8, 4) is 0 Å². The van der Waals surface area contributed by atoms with E-state index in [9.17, 15) is 9.59 Å². The van der Waals surface area contributed by atoms with Gasteiger partial charge in [-0.25, -0.2) is 5.48 Å². The molecule has 1 unspecified atom stereocenters. The summed E-state index contributed by atoms with van der Waals surface area (Å²) in [5.74, 6) is -0.904. The molecule has 0 aliphatic carbocycles. The van der Waals surface area contributed by atoms with Crippen molar-refractivity contribution in [2.75, 3.05) is 5.32 Å². The highest BCUT2D eigenvalue weighted by Gasteiger charge is 2.20. The third kappa shape index (κ3) is 4.45. The Hall–Kier alpha value is -3.44. The lowest BCUT2D eigenvalue weighted by Gasteiger charge is -2.17. The van der Waals surface area contributed by atoms with Crippen LogP contribution < -0.4 is 10.8 Å². The minimum absolute atomic E-state index is 0.0539. The fourth-order valence-corrected chi connectivity index (χ4v) is 3.22. The smallest absolute Gasteiger partial charge is 0.267 e. The van der Waals surface area contributed by atoms with Gasteiger partial charge in [-0.3, -0.25) is 14.8 Å². The highest BCUT2D eigenvalue weighted by molar-refractivity contribution is 5.99. The maximum absolute atomic E-state index is 12.9. The van der Waals surface area contributed by atoms with E-state index in [0.29, 0.717) is 12.1 Å². The van der Waals surface area contributed by atoms with E-state index in [1.165, 1.54) is 11.6 Å². The van der Waals surface area contributed by atoms with Crippen molar-refractivity contribution >= 4 is 34.4 Å². The molecule has 0 aromatic heterocycles. The Labute approximate surface area is 163 Å². The minimum atomic E-state index is -0.599. The van der Waals surface area contributed by atoms with E-state index >= 15 is 0 Å². The van der Waals surface area contributed by atoms with Crippen LogP contribution in [0.25, 0.3) is 16.8 Å².